The van der Waals surface area contributed by atoms with Crippen LogP contribution in [0, 0.1) is 0 Å². The molecule has 5 aromatic rings. The average molecular weight is 839 g/mol. The van der Waals surface area contributed by atoms with Crippen molar-refractivity contribution in [1.82, 2.24) is 0 Å². The quantitative estimate of drug-likeness (QED) is 0.0776. The molecular weight excluding hydrogens is 774 g/mol. The zero-order chi connectivity index (χ0) is 41.1. The Morgan fingerprint density at radius 1 is 0.509 bits per heavy atom. The third-order valence-corrected chi connectivity index (χ3v) is 23.8. The zero-order valence-electron chi connectivity index (χ0n) is 36.4. The Balaban J connectivity index is 1.78. The Bertz CT molecular complexity index is 1820. The molecule has 0 bridgehead atoms. The second-order valence-corrected chi connectivity index (χ2v) is 26.6. The molecule has 0 aromatic heterocycles. The van der Waals surface area contributed by atoms with Gasteiger partial charge in [-0.2, -0.15) is 0 Å². The van der Waals surface area contributed by atoms with Gasteiger partial charge < -0.3 is 0 Å². The molecule has 0 atom stereocenters. The molecule has 4 nitrogen and oxygen atoms in total. The Morgan fingerprint density at radius 3 is 1.11 bits per heavy atom. The van der Waals surface area contributed by atoms with Crippen molar-refractivity contribution in [2.75, 3.05) is 3.52 Å². The van der Waals surface area contributed by atoms with Gasteiger partial charge in [0.1, 0.15) is 0 Å². The van der Waals surface area contributed by atoms with Crippen molar-refractivity contribution in [3.05, 3.63) is 172 Å². The number of hydrogen-bond acceptors (Lipinski definition) is 4. The van der Waals surface area contributed by atoms with Crippen LogP contribution in [0.4, 0.5) is 5.69 Å². The summed E-state index contributed by atoms with van der Waals surface area (Å²) in [6, 6.07) is 49.7. The van der Waals surface area contributed by atoms with Crippen molar-refractivity contribution in [3.63, 3.8) is 0 Å². The van der Waals surface area contributed by atoms with Gasteiger partial charge in [-0.1, -0.05) is 0 Å². The first-order chi connectivity index (χ1) is 27.1. The van der Waals surface area contributed by atoms with Gasteiger partial charge in [-0.15, -0.1) is 0 Å². The van der Waals surface area contributed by atoms with Crippen molar-refractivity contribution in [3.8, 4) is 0 Å². The fraction of sp³-hybridized carbons (Fsp3) is 0.400. The molecule has 1 aliphatic rings. The van der Waals surface area contributed by atoms with Crippen molar-refractivity contribution in [1.29, 1.82) is 0 Å². The first-order valence-electron chi connectivity index (χ1n) is 21.0. The summed E-state index contributed by atoms with van der Waals surface area (Å²) in [6.45, 7) is 27.9. The Kier molecular flexibility index (Phi) is 13.5. The molecule has 298 valence electrons. The molecule has 1 aliphatic heterocycles. The van der Waals surface area contributed by atoms with Crippen LogP contribution >= 0.6 is 0 Å². The summed E-state index contributed by atoms with van der Waals surface area (Å²) in [4.78, 5) is 0. The third kappa shape index (κ3) is 8.68. The molecule has 6 rings (SSSR count). The van der Waals surface area contributed by atoms with Crippen LogP contribution in [0.2, 0.25) is 16.6 Å². The second kappa shape index (κ2) is 17.8. The van der Waals surface area contributed by atoms with E-state index in [-0.39, 0.29) is 11.8 Å². The molecule has 2 radical (unpaired) electrons. The fourth-order valence-electron chi connectivity index (χ4n) is 9.45. The molecular formula is C50H64BGeNO3Si. The molecule has 0 amide bonds. The van der Waals surface area contributed by atoms with E-state index in [0.717, 1.165) is 0 Å². The van der Waals surface area contributed by atoms with E-state index in [1.54, 1.807) is 0 Å². The van der Waals surface area contributed by atoms with Crippen molar-refractivity contribution in [2.45, 2.75) is 129 Å². The van der Waals surface area contributed by atoms with Gasteiger partial charge in [0.05, 0.1) is 0 Å². The first kappa shape index (κ1) is 43.2. The fourth-order valence-corrected chi connectivity index (χ4v) is 23.3. The summed E-state index contributed by atoms with van der Waals surface area (Å²) < 4.78 is 23.3. The van der Waals surface area contributed by atoms with E-state index >= 15 is 0 Å². The second-order valence-electron chi connectivity index (χ2n) is 18.2. The van der Waals surface area contributed by atoms with Gasteiger partial charge in [0, 0.05) is 0 Å². The van der Waals surface area contributed by atoms with Crippen molar-refractivity contribution in [2.24, 2.45) is 0 Å². The van der Waals surface area contributed by atoms with Crippen molar-refractivity contribution < 1.29 is 13.0 Å². The van der Waals surface area contributed by atoms with Gasteiger partial charge in [0.15, 0.2) is 0 Å². The summed E-state index contributed by atoms with van der Waals surface area (Å²) in [5.41, 5.74) is 10.8. The molecule has 0 saturated carbocycles. The van der Waals surface area contributed by atoms with Gasteiger partial charge in [-0.3, -0.25) is 0 Å². The first-order valence-corrected chi connectivity index (χ1v) is 25.0. The van der Waals surface area contributed by atoms with E-state index in [4.69, 9.17) is 13.0 Å². The Morgan fingerprint density at radius 2 is 0.825 bits per heavy atom. The molecule has 5 aromatic carbocycles. The number of anilines is 1. The van der Waals surface area contributed by atoms with Crippen LogP contribution in [0.5, 0.6) is 0 Å². The van der Waals surface area contributed by atoms with Crippen LogP contribution in [-0.2, 0) is 13.0 Å². The van der Waals surface area contributed by atoms with Crippen LogP contribution < -0.4 is 3.52 Å². The Hall–Kier alpha value is -3.40. The normalized spacial score (nSPS) is 15.5. The van der Waals surface area contributed by atoms with E-state index in [0.29, 0.717) is 22.5 Å². The van der Waals surface area contributed by atoms with Gasteiger partial charge >= 0.3 is 355 Å². The summed E-state index contributed by atoms with van der Waals surface area (Å²) in [5, 5.41) is 0. The van der Waals surface area contributed by atoms with Crippen LogP contribution in [0.25, 0.3) is 0 Å². The molecule has 0 N–H and O–H groups in total. The summed E-state index contributed by atoms with van der Waals surface area (Å²) in [6.07, 6.45) is 0. The summed E-state index contributed by atoms with van der Waals surface area (Å²) in [7, 11) is -3.23. The maximum absolute atomic E-state index is 7.16. The molecule has 57 heavy (non-hydrogen) atoms. The minimum absolute atomic E-state index is 0.0174. The van der Waals surface area contributed by atoms with Crippen LogP contribution in [0.15, 0.2) is 133 Å². The maximum atomic E-state index is 7.16. The predicted molar refractivity (Wildman–Crippen MR) is 245 cm³/mol. The third-order valence-electron chi connectivity index (χ3n) is 12.9. The van der Waals surface area contributed by atoms with Crippen LogP contribution in [0.3, 0.4) is 0 Å². The Labute approximate surface area is 353 Å². The molecule has 1 heterocycles. The molecule has 1 fully saturated rings. The molecule has 0 spiro atoms. The SMILES string of the molecule is CC(C)c1cc(C(c2ccccc2)c2ccccc2)c([N]([Ge][O]B2OC(C)(C)C(C)(C)O2)[Si](C(C)C)(C(C)C)C(C)C)c(C(c2ccccc2)c2ccccc2)c1. The van der Waals surface area contributed by atoms with Crippen LogP contribution in [0.1, 0.15) is 140 Å². The van der Waals surface area contributed by atoms with Gasteiger partial charge in [-0.05, 0) is 0 Å². The van der Waals surface area contributed by atoms with E-state index in [9.17, 15) is 0 Å². The van der Waals surface area contributed by atoms with Gasteiger partial charge in [0.25, 0.3) is 0 Å². The number of benzene rings is 5. The average Bonchev–Trinajstić information content (AvgIpc) is 3.39. The van der Waals surface area contributed by atoms with E-state index in [1.807, 2.05) is 0 Å². The monoisotopic (exact) mass is 839 g/mol. The predicted octanol–water partition coefficient (Wildman–Crippen LogP) is 13.3. The summed E-state index contributed by atoms with van der Waals surface area (Å²) in [5.74, 6) is 0.274. The van der Waals surface area contributed by atoms with Gasteiger partial charge in [0.2, 0.25) is 0 Å². The molecule has 7 heteroatoms. The van der Waals surface area contributed by atoms with Gasteiger partial charge in [-0.25, -0.2) is 0 Å². The molecule has 0 aliphatic carbocycles. The van der Waals surface area contributed by atoms with E-state index in [2.05, 4.69) is 220 Å². The molecule has 1 saturated heterocycles. The summed E-state index contributed by atoms with van der Waals surface area (Å²) >= 11 is -1.36. The van der Waals surface area contributed by atoms with E-state index < -0.39 is 42.7 Å². The molecule has 0 unspecified atom stereocenters. The number of rotatable bonds is 15. The standard InChI is InChI=1S/C50H64BGeNO3Si/c1-35(2)43-33-44(46(39-25-17-13-18-26-39)40-27-19-14-20-28-40)48(45(34-43)47(41-29-21-15-22-30-41)42-31-23-16-24-32-42)53(57(36(3)4,37(5)6)38(7)8)52-56-51-54-49(9,10)50(11,12)55-51/h13-38,46-47H,1-12H3. The topological polar surface area (TPSA) is 30.9 Å². The zero-order valence-corrected chi connectivity index (χ0v) is 39.5. The minimum atomic E-state index is -2.49. The number of nitrogens with zero attached hydrogens (tertiary/aromatic N) is 1. The van der Waals surface area contributed by atoms with E-state index in [1.165, 1.54) is 44.6 Å². The van der Waals surface area contributed by atoms with Crippen LogP contribution in [-0.4, -0.2) is 42.7 Å². The number of hydrogen-bond donors (Lipinski definition) is 0. The van der Waals surface area contributed by atoms with Crippen molar-refractivity contribution >= 4 is 37.2 Å².